The van der Waals surface area contributed by atoms with Crippen LogP contribution in [0, 0.1) is 6.92 Å². The molecule has 2 amide bonds. The maximum Gasteiger partial charge on any atom is 0.222 e. The van der Waals surface area contributed by atoms with Crippen molar-refractivity contribution >= 4 is 23.6 Å². The van der Waals surface area contributed by atoms with Gasteiger partial charge in [-0.2, -0.15) is 0 Å². The SMILES string of the molecule is CSc1ccc(C(C)NC(=O)CC(NC(C)=O)c2ccc(C)cc2)cc1. The predicted octanol–water partition coefficient (Wildman–Crippen LogP) is 4.16. The number of aryl methyl sites for hydroxylation is 1. The fourth-order valence-electron chi connectivity index (χ4n) is 2.76. The van der Waals surface area contributed by atoms with Crippen LogP contribution >= 0.6 is 11.8 Å². The van der Waals surface area contributed by atoms with Crippen LogP contribution in [-0.4, -0.2) is 18.1 Å². The highest BCUT2D eigenvalue weighted by molar-refractivity contribution is 7.98. The number of amides is 2. The van der Waals surface area contributed by atoms with Crippen molar-refractivity contribution < 1.29 is 9.59 Å². The van der Waals surface area contributed by atoms with Gasteiger partial charge in [-0.05, 0) is 43.4 Å². The molecule has 2 N–H and O–H groups in total. The van der Waals surface area contributed by atoms with Gasteiger partial charge in [-0.1, -0.05) is 42.0 Å². The number of hydrogen-bond donors (Lipinski definition) is 2. The first kappa shape index (κ1) is 20.0. The van der Waals surface area contributed by atoms with Crippen LogP contribution in [0.25, 0.3) is 0 Å². The highest BCUT2D eigenvalue weighted by Crippen LogP contribution is 2.21. The van der Waals surface area contributed by atoms with E-state index in [1.54, 1.807) is 11.8 Å². The third-order valence-electron chi connectivity index (χ3n) is 4.24. The Morgan fingerprint density at radius 1 is 0.962 bits per heavy atom. The van der Waals surface area contributed by atoms with Gasteiger partial charge in [-0.3, -0.25) is 9.59 Å². The summed E-state index contributed by atoms with van der Waals surface area (Å²) in [6, 6.07) is 15.6. The van der Waals surface area contributed by atoms with E-state index in [-0.39, 0.29) is 30.3 Å². The molecule has 26 heavy (non-hydrogen) atoms. The van der Waals surface area contributed by atoms with Crippen molar-refractivity contribution in [2.24, 2.45) is 0 Å². The maximum atomic E-state index is 12.5. The number of rotatable bonds is 7. The Balaban J connectivity index is 2.03. The van der Waals surface area contributed by atoms with Crippen LogP contribution in [-0.2, 0) is 9.59 Å². The Labute approximate surface area is 159 Å². The van der Waals surface area contributed by atoms with Crippen molar-refractivity contribution in [1.29, 1.82) is 0 Å². The Morgan fingerprint density at radius 3 is 2.08 bits per heavy atom. The summed E-state index contributed by atoms with van der Waals surface area (Å²) < 4.78 is 0. The lowest BCUT2D eigenvalue weighted by molar-refractivity contribution is -0.123. The molecule has 0 spiro atoms. The zero-order chi connectivity index (χ0) is 19.1. The molecule has 0 aromatic heterocycles. The average molecular weight is 371 g/mol. The first-order valence-electron chi connectivity index (χ1n) is 8.66. The molecule has 0 heterocycles. The van der Waals surface area contributed by atoms with Crippen LogP contribution < -0.4 is 10.6 Å². The van der Waals surface area contributed by atoms with E-state index in [1.807, 2.05) is 56.5 Å². The molecule has 0 radical (unpaired) electrons. The summed E-state index contributed by atoms with van der Waals surface area (Å²) in [5, 5.41) is 5.89. The normalized spacial score (nSPS) is 12.9. The summed E-state index contributed by atoms with van der Waals surface area (Å²) >= 11 is 1.69. The van der Waals surface area contributed by atoms with Gasteiger partial charge in [-0.25, -0.2) is 0 Å². The number of thioether (sulfide) groups is 1. The van der Waals surface area contributed by atoms with E-state index in [0.717, 1.165) is 16.7 Å². The second-order valence-corrected chi connectivity index (χ2v) is 7.31. The van der Waals surface area contributed by atoms with Crippen LogP contribution in [0.15, 0.2) is 53.4 Å². The third kappa shape index (κ3) is 5.92. The molecule has 2 atom stereocenters. The Kier molecular flexibility index (Phi) is 7.27. The van der Waals surface area contributed by atoms with Crippen LogP contribution in [0.4, 0.5) is 0 Å². The molecule has 0 saturated heterocycles. The minimum Gasteiger partial charge on any atom is -0.350 e. The molecule has 2 rings (SSSR count). The molecule has 0 aliphatic rings. The molecule has 0 saturated carbocycles. The molecule has 2 aromatic carbocycles. The second kappa shape index (κ2) is 9.43. The van der Waals surface area contributed by atoms with Crippen molar-refractivity contribution in [2.45, 2.75) is 44.2 Å². The van der Waals surface area contributed by atoms with Crippen molar-refractivity contribution in [3.05, 3.63) is 65.2 Å². The molecule has 4 nitrogen and oxygen atoms in total. The number of carbonyl (C=O) groups excluding carboxylic acids is 2. The maximum absolute atomic E-state index is 12.5. The first-order chi connectivity index (χ1) is 12.4. The van der Waals surface area contributed by atoms with Gasteiger partial charge in [0.1, 0.15) is 0 Å². The Hall–Kier alpha value is -2.27. The minimum atomic E-state index is -0.334. The highest BCUT2D eigenvalue weighted by atomic mass is 32.2. The number of nitrogens with one attached hydrogen (secondary N) is 2. The molecular weight excluding hydrogens is 344 g/mol. The van der Waals surface area contributed by atoms with Gasteiger partial charge in [0.15, 0.2) is 0 Å². The zero-order valence-corrected chi connectivity index (χ0v) is 16.5. The highest BCUT2D eigenvalue weighted by Gasteiger charge is 2.18. The standard InChI is InChI=1S/C21H26N2O2S/c1-14-5-7-18(8-6-14)20(23-16(3)24)13-21(25)22-15(2)17-9-11-19(26-4)12-10-17/h5-12,15,20H,13H2,1-4H3,(H,22,25)(H,23,24). The van der Waals surface area contributed by atoms with Crippen LogP contribution in [0.2, 0.25) is 0 Å². The minimum absolute atomic E-state index is 0.0885. The molecule has 0 fully saturated rings. The topological polar surface area (TPSA) is 58.2 Å². The van der Waals surface area contributed by atoms with Crippen LogP contribution in [0.3, 0.4) is 0 Å². The quantitative estimate of drug-likeness (QED) is 0.720. The van der Waals surface area contributed by atoms with E-state index < -0.39 is 0 Å². The van der Waals surface area contributed by atoms with Gasteiger partial charge < -0.3 is 10.6 Å². The molecule has 5 heteroatoms. The van der Waals surface area contributed by atoms with Crippen molar-refractivity contribution in [3.8, 4) is 0 Å². The lowest BCUT2D eigenvalue weighted by Gasteiger charge is -2.20. The molecule has 0 bridgehead atoms. The smallest absolute Gasteiger partial charge is 0.222 e. The second-order valence-electron chi connectivity index (χ2n) is 6.43. The first-order valence-corrected chi connectivity index (χ1v) is 9.88. The summed E-state index contributed by atoms with van der Waals surface area (Å²) in [6.07, 6.45) is 2.24. The lowest BCUT2D eigenvalue weighted by atomic mass is 10.0. The van der Waals surface area contributed by atoms with E-state index >= 15 is 0 Å². The summed E-state index contributed by atoms with van der Waals surface area (Å²) in [4.78, 5) is 25.2. The van der Waals surface area contributed by atoms with Crippen molar-refractivity contribution in [2.75, 3.05) is 6.26 Å². The summed E-state index contributed by atoms with van der Waals surface area (Å²) in [6.45, 7) is 5.44. The van der Waals surface area contributed by atoms with Crippen molar-refractivity contribution in [3.63, 3.8) is 0 Å². The van der Waals surface area contributed by atoms with E-state index in [2.05, 4.69) is 22.8 Å². The molecule has 2 unspecified atom stereocenters. The summed E-state index contributed by atoms with van der Waals surface area (Å²) in [7, 11) is 0. The monoisotopic (exact) mass is 370 g/mol. The van der Waals surface area contributed by atoms with Gasteiger partial charge >= 0.3 is 0 Å². The molecular formula is C21H26N2O2S. The summed E-state index contributed by atoms with van der Waals surface area (Å²) in [5.41, 5.74) is 3.13. The number of carbonyl (C=O) groups is 2. The molecule has 2 aromatic rings. The van der Waals surface area contributed by atoms with Gasteiger partial charge in [0.25, 0.3) is 0 Å². The summed E-state index contributed by atoms with van der Waals surface area (Å²) in [5.74, 6) is -0.241. The van der Waals surface area contributed by atoms with Gasteiger partial charge in [0.05, 0.1) is 18.5 Å². The van der Waals surface area contributed by atoms with Gasteiger partial charge in [-0.15, -0.1) is 11.8 Å². The largest absolute Gasteiger partial charge is 0.350 e. The fraction of sp³-hybridized carbons (Fsp3) is 0.333. The molecule has 138 valence electrons. The van der Waals surface area contributed by atoms with Crippen molar-refractivity contribution in [1.82, 2.24) is 10.6 Å². The van der Waals surface area contributed by atoms with E-state index in [1.165, 1.54) is 11.8 Å². The third-order valence-corrected chi connectivity index (χ3v) is 4.98. The van der Waals surface area contributed by atoms with Crippen LogP contribution in [0.5, 0.6) is 0 Å². The van der Waals surface area contributed by atoms with E-state index in [0.29, 0.717) is 0 Å². The molecule has 0 aliphatic carbocycles. The molecule has 0 aliphatic heterocycles. The van der Waals surface area contributed by atoms with E-state index in [9.17, 15) is 9.59 Å². The van der Waals surface area contributed by atoms with E-state index in [4.69, 9.17) is 0 Å². The fourth-order valence-corrected chi connectivity index (χ4v) is 3.17. The van der Waals surface area contributed by atoms with Gasteiger partial charge in [0.2, 0.25) is 11.8 Å². The Bertz CT molecular complexity index is 742. The van der Waals surface area contributed by atoms with Crippen LogP contribution in [0.1, 0.15) is 49.0 Å². The number of hydrogen-bond acceptors (Lipinski definition) is 3. The predicted molar refractivity (Wildman–Crippen MR) is 107 cm³/mol. The van der Waals surface area contributed by atoms with Gasteiger partial charge in [0, 0.05) is 11.8 Å². The lowest BCUT2D eigenvalue weighted by Crippen LogP contribution is -2.33. The number of benzene rings is 2. The average Bonchev–Trinajstić information content (AvgIpc) is 2.61. The zero-order valence-electron chi connectivity index (χ0n) is 15.7. The Morgan fingerprint density at radius 2 is 1.54 bits per heavy atom.